The van der Waals surface area contributed by atoms with Gasteiger partial charge in [-0.3, -0.25) is 14.5 Å². The SMILES string of the molecule is O=C(CN1CCOCC1)NC1CCN(C(=O)C2=Cc3ccccc3S2(=O)=O)CC1. The Bertz CT molecular complexity index is 929. The van der Waals surface area contributed by atoms with Crippen molar-refractivity contribution in [3.63, 3.8) is 0 Å². The van der Waals surface area contributed by atoms with Crippen molar-refractivity contribution >= 4 is 27.7 Å². The minimum atomic E-state index is -3.76. The van der Waals surface area contributed by atoms with Gasteiger partial charge in [-0.2, -0.15) is 0 Å². The van der Waals surface area contributed by atoms with Crippen LogP contribution in [0.4, 0.5) is 0 Å². The molecule has 3 heterocycles. The lowest BCUT2D eigenvalue weighted by Gasteiger charge is -2.33. The molecule has 9 heteroatoms. The van der Waals surface area contributed by atoms with Gasteiger partial charge in [-0.05, 0) is 30.5 Å². The maximum atomic E-state index is 12.8. The molecule has 0 aromatic heterocycles. The van der Waals surface area contributed by atoms with E-state index in [2.05, 4.69) is 10.2 Å². The van der Waals surface area contributed by atoms with Crippen LogP contribution in [0.1, 0.15) is 18.4 Å². The van der Waals surface area contributed by atoms with Gasteiger partial charge in [-0.1, -0.05) is 18.2 Å². The molecule has 1 N–H and O–H groups in total. The lowest BCUT2D eigenvalue weighted by molar-refractivity contribution is -0.127. The minimum Gasteiger partial charge on any atom is -0.379 e. The van der Waals surface area contributed by atoms with Gasteiger partial charge in [0.2, 0.25) is 15.7 Å². The van der Waals surface area contributed by atoms with Crippen LogP contribution in [0.5, 0.6) is 0 Å². The van der Waals surface area contributed by atoms with Crippen molar-refractivity contribution in [3.8, 4) is 0 Å². The van der Waals surface area contributed by atoms with Gasteiger partial charge in [0.25, 0.3) is 5.91 Å². The number of piperidine rings is 1. The Kier molecular flexibility index (Phi) is 5.71. The first-order chi connectivity index (χ1) is 13.9. The molecule has 2 amide bonds. The Balaban J connectivity index is 1.31. The number of carbonyl (C=O) groups excluding carboxylic acids is 2. The van der Waals surface area contributed by atoms with Crippen molar-refractivity contribution in [1.29, 1.82) is 0 Å². The monoisotopic (exact) mass is 419 g/mol. The molecule has 1 aromatic carbocycles. The zero-order chi connectivity index (χ0) is 20.4. The van der Waals surface area contributed by atoms with Gasteiger partial charge >= 0.3 is 0 Å². The molecule has 1 aromatic rings. The van der Waals surface area contributed by atoms with Crippen LogP contribution in [-0.2, 0) is 24.2 Å². The van der Waals surface area contributed by atoms with Crippen molar-refractivity contribution in [2.75, 3.05) is 45.9 Å². The number of benzene rings is 1. The Morgan fingerprint density at radius 1 is 1.07 bits per heavy atom. The number of nitrogens with zero attached hydrogens (tertiary/aromatic N) is 2. The van der Waals surface area contributed by atoms with Gasteiger partial charge in [-0.15, -0.1) is 0 Å². The number of amides is 2. The molecule has 0 bridgehead atoms. The van der Waals surface area contributed by atoms with Crippen LogP contribution in [0.2, 0.25) is 0 Å². The third kappa shape index (κ3) is 4.22. The molecule has 0 spiro atoms. The summed E-state index contributed by atoms with van der Waals surface area (Å²) in [4.78, 5) is 28.8. The van der Waals surface area contributed by atoms with Gasteiger partial charge in [0.05, 0.1) is 24.7 Å². The molecule has 0 aliphatic carbocycles. The summed E-state index contributed by atoms with van der Waals surface area (Å²) < 4.78 is 30.6. The van der Waals surface area contributed by atoms with Crippen LogP contribution in [0.3, 0.4) is 0 Å². The molecule has 156 valence electrons. The normalized spacial score (nSPS) is 22.1. The molecule has 0 unspecified atom stereocenters. The molecule has 29 heavy (non-hydrogen) atoms. The highest BCUT2D eigenvalue weighted by atomic mass is 32.2. The molecular formula is C20H25N3O5S. The predicted molar refractivity (Wildman–Crippen MR) is 107 cm³/mol. The van der Waals surface area contributed by atoms with Crippen molar-refractivity contribution in [2.24, 2.45) is 0 Å². The first kappa shape index (κ1) is 20.1. The summed E-state index contributed by atoms with van der Waals surface area (Å²) >= 11 is 0. The molecule has 2 saturated heterocycles. The van der Waals surface area contributed by atoms with Gasteiger partial charge in [0.1, 0.15) is 4.91 Å². The van der Waals surface area contributed by atoms with E-state index in [4.69, 9.17) is 4.74 Å². The zero-order valence-electron chi connectivity index (χ0n) is 16.2. The largest absolute Gasteiger partial charge is 0.379 e. The molecule has 0 radical (unpaired) electrons. The lowest BCUT2D eigenvalue weighted by atomic mass is 10.0. The van der Waals surface area contributed by atoms with Gasteiger partial charge in [0, 0.05) is 32.2 Å². The van der Waals surface area contributed by atoms with Gasteiger partial charge in [-0.25, -0.2) is 8.42 Å². The average Bonchev–Trinajstić information content (AvgIpc) is 3.00. The number of sulfone groups is 1. The van der Waals surface area contributed by atoms with E-state index >= 15 is 0 Å². The highest BCUT2D eigenvalue weighted by molar-refractivity contribution is 7.96. The summed E-state index contributed by atoms with van der Waals surface area (Å²) in [7, 11) is -3.76. The predicted octanol–water partition coefficient (Wildman–Crippen LogP) is 0.254. The topological polar surface area (TPSA) is 96.0 Å². The quantitative estimate of drug-likeness (QED) is 0.752. The zero-order valence-corrected chi connectivity index (χ0v) is 17.0. The average molecular weight is 420 g/mol. The number of hydrogen-bond acceptors (Lipinski definition) is 6. The van der Waals surface area contributed by atoms with Crippen LogP contribution in [-0.4, -0.2) is 82.0 Å². The van der Waals surface area contributed by atoms with E-state index in [1.54, 1.807) is 23.1 Å². The molecule has 8 nitrogen and oxygen atoms in total. The van der Waals surface area contributed by atoms with E-state index in [1.165, 1.54) is 12.1 Å². The summed E-state index contributed by atoms with van der Waals surface area (Å²) in [6.07, 6.45) is 2.69. The van der Waals surface area contributed by atoms with E-state index in [9.17, 15) is 18.0 Å². The van der Waals surface area contributed by atoms with Crippen LogP contribution < -0.4 is 5.32 Å². The van der Waals surface area contributed by atoms with Crippen LogP contribution in [0.15, 0.2) is 34.1 Å². The van der Waals surface area contributed by atoms with E-state index in [0.717, 1.165) is 13.1 Å². The van der Waals surface area contributed by atoms with E-state index < -0.39 is 15.7 Å². The highest BCUT2D eigenvalue weighted by Crippen LogP contribution is 2.33. The third-order valence-electron chi connectivity index (χ3n) is 5.61. The van der Waals surface area contributed by atoms with E-state index in [-0.39, 0.29) is 21.7 Å². The minimum absolute atomic E-state index is 0.000970. The molecule has 0 saturated carbocycles. The number of likely N-dealkylation sites (tertiary alicyclic amines) is 1. The number of nitrogens with one attached hydrogen (secondary N) is 1. The Hall–Kier alpha value is -2.23. The van der Waals surface area contributed by atoms with Crippen molar-refractivity contribution in [2.45, 2.75) is 23.8 Å². The number of ether oxygens (including phenoxy) is 1. The van der Waals surface area contributed by atoms with Crippen LogP contribution in [0.25, 0.3) is 6.08 Å². The molecular weight excluding hydrogens is 394 g/mol. The van der Waals surface area contributed by atoms with Crippen LogP contribution in [0, 0.1) is 0 Å². The van der Waals surface area contributed by atoms with Crippen molar-refractivity contribution < 1.29 is 22.7 Å². The summed E-state index contributed by atoms with van der Waals surface area (Å²) in [5, 5.41) is 3.03. The van der Waals surface area contributed by atoms with E-state index in [1.807, 2.05) is 0 Å². The van der Waals surface area contributed by atoms with Crippen molar-refractivity contribution in [1.82, 2.24) is 15.1 Å². The summed E-state index contributed by atoms with van der Waals surface area (Å²) in [5.74, 6) is -0.479. The van der Waals surface area contributed by atoms with Gasteiger partial charge in [0.15, 0.2) is 0 Å². The number of fused-ring (bicyclic) bond motifs is 1. The second kappa shape index (κ2) is 8.25. The maximum absolute atomic E-state index is 12.8. The summed E-state index contributed by atoms with van der Waals surface area (Å²) in [5.41, 5.74) is 0.557. The van der Waals surface area contributed by atoms with Gasteiger partial charge < -0.3 is 15.0 Å². The molecule has 4 rings (SSSR count). The number of rotatable bonds is 4. The first-order valence-electron chi connectivity index (χ1n) is 9.90. The van der Waals surface area contributed by atoms with Crippen LogP contribution >= 0.6 is 0 Å². The van der Waals surface area contributed by atoms with Crippen molar-refractivity contribution in [3.05, 3.63) is 34.7 Å². The number of morpholine rings is 1. The summed E-state index contributed by atoms with van der Waals surface area (Å²) in [6, 6.07) is 6.63. The third-order valence-corrected chi connectivity index (χ3v) is 7.44. The smallest absolute Gasteiger partial charge is 0.265 e. The Morgan fingerprint density at radius 2 is 1.76 bits per heavy atom. The summed E-state index contributed by atoms with van der Waals surface area (Å²) in [6.45, 7) is 4.01. The maximum Gasteiger partial charge on any atom is 0.265 e. The Morgan fingerprint density at radius 3 is 2.45 bits per heavy atom. The number of hydrogen-bond donors (Lipinski definition) is 1. The fourth-order valence-corrected chi connectivity index (χ4v) is 5.55. The fraction of sp³-hybridized carbons (Fsp3) is 0.500. The molecule has 0 atom stereocenters. The molecule has 2 fully saturated rings. The second-order valence-electron chi connectivity index (χ2n) is 7.57. The lowest BCUT2D eigenvalue weighted by Crippen LogP contribution is -2.50. The molecule has 3 aliphatic heterocycles. The first-order valence-corrected chi connectivity index (χ1v) is 11.4. The second-order valence-corrected chi connectivity index (χ2v) is 9.46. The molecule has 3 aliphatic rings. The number of carbonyl (C=O) groups is 2. The Labute approximate surface area is 170 Å². The standard InChI is InChI=1S/C20H25N3O5S/c24-19(14-22-9-11-28-12-10-22)21-16-5-7-23(8-6-16)20(25)18-13-15-3-1-2-4-17(15)29(18,26)27/h1-4,13,16H,5-12,14H2,(H,21,24). The highest BCUT2D eigenvalue weighted by Gasteiger charge is 2.37. The van der Waals surface area contributed by atoms with E-state index in [0.29, 0.717) is 51.3 Å². The fourth-order valence-electron chi connectivity index (χ4n) is 3.98.